The van der Waals surface area contributed by atoms with Crippen LogP contribution in [-0.2, 0) is 23.5 Å². The number of nitrogens with zero attached hydrogens (tertiary/aromatic N) is 1. The molecule has 0 spiro atoms. The summed E-state index contributed by atoms with van der Waals surface area (Å²) in [5.74, 6) is 0.529. The third-order valence-corrected chi connectivity index (χ3v) is 6.36. The zero-order valence-electron chi connectivity index (χ0n) is 20.4. The van der Waals surface area contributed by atoms with Gasteiger partial charge >= 0.3 is 12.4 Å². The first-order chi connectivity index (χ1) is 18.0. The van der Waals surface area contributed by atoms with Crippen LogP contribution < -0.4 is 5.32 Å². The van der Waals surface area contributed by atoms with E-state index in [2.05, 4.69) is 10.3 Å². The van der Waals surface area contributed by atoms with Crippen molar-refractivity contribution >= 4 is 0 Å². The van der Waals surface area contributed by atoms with Crippen LogP contribution >= 0.6 is 0 Å². The van der Waals surface area contributed by atoms with Crippen LogP contribution in [0, 0.1) is 5.92 Å². The number of aromatic nitrogens is 1. The molecule has 0 saturated heterocycles. The molecule has 0 bridgehead atoms. The maximum absolute atomic E-state index is 13.7. The van der Waals surface area contributed by atoms with Crippen molar-refractivity contribution in [2.75, 3.05) is 19.8 Å². The van der Waals surface area contributed by atoms with Crippen LogP contribution in [0.4, 0.5) is 26.3 Å². The van der Waals surface area contributed by atoms with Crippen molar-refractivity contribution < 1.29 is 36.2 Å². The number of halogens is 6. The van der Waals surface area contributed by atoms with Crippen LogP contribution in [0.2, 0.25) is 0 Å². The molecular formula is C28H28F6N2O2. The minimum Gasteiger partial charge on any atom is -0.394 e. The topological polar surface area (TPSA) is 54.4 Å². The van der Waals surface area contributed by atoms with Crippen molar-refractivity contribution in [3.63, 3.8) is 0 Å². The first-order valence-corrected chi connectivity index (χ1v) is 12.3. The highest BCUT2D eigenvalue weighted by molar-refractivity contribution is 5.61. The molecular weight excluding hydrogens is 510 g/mol. The number of rotatable bonds is 11. The van der Waals surface area contributed by atoms with E-state index < -0.39 is 36.3 Å². The second-order valence-corrected chi connectivity index (χ2v) is 9.51. The lowest BCUT2D eigenvalue weighted by Crippen LogP contribution is -2.40. The summed E-state index contributed by atoms with van der Waals surface area (Å²) >= 11 is 0. The summed E-state index contributed by atoms with van der Waals surface area (Å²) < 4.78 is 85.9. The van der Waals surface area contributed by atoms with E-state index in [0.29, 0.717) is 25.6 Å². The molecule has 1 saturated carbocycles. The molecule has 4 nitrogen and oxygen atoms in total. The standard InChI is InChI=1S/C28H28F6N2O2/c29-27(30,31)22-10-8-20(9-11-22)24-13-21(14-26(36-24)28(32,33)34)25(15-37)35-23(17-38-16-19-6-7-19)12-18-4-2-1-3-5-18/h1-5,8-11,13-14,19,23,25,35,37H,6-7,12,15-17H2/t23-,25+/m0/s1. The number of nitrogens with one attached hydrogen (secondary N) is 1. The molecule has 0 aliphatic heterocycles. The largest absolute Gasteiger partial charge is 0.433 e. The van der Waals surface area contributed by atoms with E-state index >= 15 is 0 Å². The van der Waals surface area contributed by atoms with Crippen molar-refractivity contribution in [2.24, 2.45) is 5.92 Å². The molecule has 2 atom stereocenters. The highest BCUT2D eigenvalue weighted by Gasteiger charge is 2.35. The van der Waals surface area contributed by atoms with E-state index in [1.54, 1.807) is 0 Å². The summed E-state index contributed by atoms with van der Waals surface area (Å²) in [6.07, 6.45) is -6.63. The van der Waals surface area contributed by atoms with E-state index in [0.717, 1.165) is 48.7 Å². The van der Waals surface area contributed by atoms with Crippen LogP contribution in [0.15, 0.2) is 66.7 Å². The van der Waals surface area contributed by atoms with Crippen LogP contribution in [0.25, 0.3) is 11.3 Å². The number of ether oxygens (including phenoxy) is 1. The Labute approximate surface area is 216 Å². The fourth-order valence-corrected chi connectivity index (χ4v) is 4.14. The number of hydrogen-bond donors (Lipinski definition) is 2. The highest BCUT2D eigenvalue weighted by Crippen LogP contribution is 2.34. The van der Waals surface area contributed by atoms with Gasteiger partial charge in [0.05, 0.1) is 30.5 Å². The van der Waals surface area contributed by atoms with Gasteiger partial charge in [0.25, 0.3) is 0 Å². The molecule has 1 heterocycles. The molecule has 10 heteroatoms. The molecule has 0 unspecified atom stereocenters. The number of aliphatic hydroxyl groups excluding tert-OH is 1. The molecule has 3 aromatic rings. The molecule has 0 amide bonds. The predicted octanol–water partition coefficient (Wildman–Crippen LogP) is 6.45. The predicted molar refractivity (Wildman–Crippen MR) is 130 cm³/mol. The van der Waals surface area contributed by atoms with Crippen molar-refractivity contribution in [3.8, 4) is 11.3 Å². The van der Waals surface area contributed by atoms with Crippen molar-refractivity contribution in [2.45, 2.75) is 43.7 Å². The van der Waals surface area contributed by atoms with Crippen molar-refractivity contribution in [1.29, 1.82) is 0 Å². The van der Waals surface area contributed by atoms with E-state index in [1.165, 1.54) is 6.07 Å². The number of pyridine rings is 1. The minimum atomic E-state index is -4.80. The molecule has 38 heavy (non-hydrogen) atoms. The Kier molecular flexibility index (Phi) is 8.74. The van der Waals surface area contributed by atoms with Gasteiger partial charge in [-0.3, -0.25) is 0 Å². The summed E-state index contributed by atoms with van der Waals surface area (Å²) in [6.45, 7) is 0.384. The summed E-state index contributed by atoms with van der Waals surface area (Å²) in [5.41, 5.74) is -1.06. The Hall–Kier alpha value is -2.95. The zero-order valence-corrected chi connectivity index (χ0v) is 20.4. The maximum Gasteiger partial charge on any atom is 0.433 e. The Morgan fingerprint density at radius 2 is 1.61 bits per heavy atom. The van der Waals surface area contributed by atoms with E-state index in [9.17, 15) is 31.4 Å². The summed E-state index contributed by atoms with van der Waals surface area (Å²) in [4.78, 5) is 3.67. The van der Waals surface area contributed by atoms with Crippen LogP contribution in [0.1, 0.15) is 41.3 Å². The molecule has 2 aromatic carbocycles. The summed E-state index contributed by atoms with van der Waals surface area (Å²) in [7, 11) is 0. The van der Waals surface area contributed by atoms with Gasteiger partial charge in [-0.1, -0.05) is 42.5 Å². The second kappa shape index (κ2) is 11.8. The normalized spacial score (nSPS) is 15.9. The third kappa shape index (κ3) is 7.78. The Morgan fingerprint density at radius 3 is 2.18 bits per heavy atom. The maximum atomic E-state index is 13.7. The SMILES string of the molecule is OC[C@@H](N[C@H](COCC1CC1)Cc1ccccc1)c1cc(-c2ccc(C(F)(F)F)cc2)nc(C(F)(F)F)c1. The second-order valence-electron chi connectivity index (χ2n) is 9.51. The van der Waals surface area contributed by atoms with Crippen LogP contribution in [0.5, 0.6) is 0 Å². The van der Waals surface area contributed by atoms with Crippen LogP contribution in [-0.4, -0.2) is 36.0 Å². The van der Waals surface area contributed by atoms with E-state index in [-0.39, 0.29) is 22.9 Å². The Bertz CT molecular complexity index is 1180. The number of alkyl halides is 6. The van der Waals surface area contributed by atoms with Gasteiger partial charge in [0.15, 0.2) is 0 Å². The molecule has 1 aliphatic rings. The lowest BCUT2D eigenvalue weighted by Gasteiger charge is -2.26. The fraction of sp³-hybridized carbons (Fsp3) is 0.393. The Balaban J connectivity index is 1.62. The average molecular weight is 539 g/mol. The van der Waals surface area contributed by atoms with Gasteiger partial charge in [0.1, 0.15) is 5.69 Å². The molecule has 204 valence electrons. The van der Waals surface area contributed by atoms with Gasteiger partial charge in [-0.15, -0.1) is 0 Å². The van der Waals surface area contributed by atoms with Crippen LogP contribution in [0.3, 0.4) is 0 Å². The zero-order chi connectivity index (χ0) is 27.3. The first-order valence-electron chi connectivity index (χ1n) is 12.3. The first kappa shape index (κ1) is 28.1. The van der Waals surface area contributed by atoms with Gasteiger partial charge in [-0.05, 0) is 60.6 Å². The smallest absolute Gasteiger partial charge is 0.394 e. The molecule has 1 aromatic heterocycles. The third-order valence-electron chi connectivity index (χ3n) is 6.36. The number of hydrogen-bond acceptors (Lipinski definition) is 4. The minimum absolute atomic E-state index is 0.0932. The monoisotopic (exact) mass is 538 g/mol. The average Bonchev–Trinajstić information content (AvgIpc) is 3.71. The lowest BCUT2D eigenvalue weighted by atomic mass is 10.00. The van der Waals surface area contributed by atoms with Gasteiger partial charge in [0, 0.05) is 18.2 Å². The number of aliphatic hydroxyl groups is 1. The lowest BCUT2D eigenvalue weighted by molar-refractivity contribution is -0.141. The molecule has 4 rings (SSSR count). The molecule has 2 N–H and O–H groups in total. The van der Waals surface area contributed by atoms with E-state index in [4.69, 9.17) is 4.74 Å². The van der Waals surface area contributed by atoms with Gasteiger partial charge in [0.2, 0.25) is 0 Å². The summed E-state index contributed by atoms with van der Waals surface area (Å²) in [6, 6.07) is 14.3. The van der Waals surface area contributed by atoms with Crippen molar-refractivity contribution in [1.82, 2.24) is 10.3 Å². The van der Waals surface area contributed by atoms with Gasteiger partial charge in [-0.2, -0.15) is 26.3 Å². The molecule has 0 radical (unpaired) electrons. The van der Waals surface area contributed by atoms with E-state index in [1.807, 2.05) is 30.3 Å². The Morgan fingerprint density at radius 1 is 0.921 bits per heavy atom. The highest BCUT2D eigenvalue weighted by atomic mass is 19.4. The molecule has 1 aliphatic carbocycles. The summed E-state index contributed by atoms with van der Waals surface area (Å²) in [5, 5.41) is 13.4. The quantitative estimate of drug-likeness (QED) is 0.276. The van der Waals surface area contributed by atoms with Gasteiger partial charge in [-0.25, -0.2) is 4.98 Å². The van der Waals surface area contributed by atoms with Gasteiger partial charge < -0.3 is 15.2 Å². The van der Waals surface area contributed by atoms with Crippen molar-refractivity contribution in [3.05, 3.63) is 89.1 Å². The fourth-order valence-electron chi connectivity index (χ4n) is 4.14. The molecule has 1 fully saturated rings. The number of benzene rings is 2.